The molecular weight excluding hydrogens is 224 g/mol. The van der Waals surface area contributed by atoms with E-state index < -0.39 is 11.6 Å². The number of ether oxygens (including phenoxy) is 1. The lowest BCUT2D eigenvalue weighted by molar-refractivity contribution is -0.170. The van der Waals surface area contributed by atoms with Crippen molar-refractivity contribution < 1.29 is 14.6 Å². The first-order valence-corrected chi connectivity index (χ1v) is 6.42. The molecule has 1 aromatic rings. The number of hydrogen-bond donors (Lipinski definition) is 1. The zero-order chi connectivity index (χ0) is 11.6. The van der Waals surface area contributed by atoms with Crippen molar-refractivity contribution >= 4 is 17.3 Å². The molecule has 1 fully saturated rings. The molecule has 1 aliphatic rings. The van der Waals surface area contributed by atoms with Crippen molar-refractivity contribution in [3.05, 3.63) is 22.4 Å². The van der Waals surface area contributed by atoms with Gasteiger partial charge in [-0.15, -0.1) is 11.3 Å². The van der Waals surface area contributed by atoms with Crippen LogP contribution in [0, 0.1) is 5.92 Å². The summed E-state index contributed by atoms with van der Waals surface area (Å²) in [5, 5.41) is 12.5. The van der Waals surface area contributed by atoms with E-state index >= 15 is 0 Å². The zero-order valence-corrected chi connectivity index (χ0v) is 10.1. The number of esters is 1. The Kier molecular flexibility index (Phi) is 3.30. The fraction of sp³-hybridized carbons (Fsp3) is 0.583. The van der Waals surface area contributed by atoms with Gasteiger partial charge in [-0.3, -0.25) is 0 Å². The number of methoxy groups -OCH3 is 1. The van der Waals surface area contributed by atoms with Gasteiger partial charge in [-0.1, -0.05) is 18.9 Å². The van der Waals surface area contributed by atoms with E-state index in [2.05, 4.69) is 0 Å². The molecule has 1 aliphatic carbocycles. The molecule has 0 amide bonds. The van der Waals surface area contributed by atoms with Crippen molar-refractivity contribution in [2.24, 2.45) is 5.92 Å². The van der Waals surface area contributed by atoms with Gasteiger partial charge in [0.2, 0.25) is 0 Å². The van der Waals surface area contributed by atoms with Crippen molar-refractivity contribution in [3.63, 3.8) is 0 Å². The van der Waals surface area contributed by atoms with Crippen LogP contribution in [0.2, 0.25) is 0 Å². The molecule has 16 heavy (non-hydrogen) atoms. The topological polar surface area (TPSA) is 46.5 Å². The molecule has 0 radical (unpaired) electrons. The average Bonchev–Trinajstić information content (AvgIpc) is 2.98. The SMILES string of the molecule is COC(=O)C(O)(c1cccs1)C1CCCC1. The Bertz CT molecular complexity index is 354. The Labute approximate surface area is 99.1 Å². The molecule has 0 aromatic carbocycles. The summed E-state index contributed by atoms with van der Waals surface area (Å²) >= 11 is 1.41. The number of carbonyl (C=O) groups excluding carboxylic acids is 1. The van der Waals surface area contributed by atoms with Crippen molar-refractivity contribution in [3.8, 4) is 0 Å². The monoisotopic (exact) mass is 240 g/mol. The summed E-state index contributed by atoms with van der Waals surface area (Å²) in [5.41, 5.74) is -1.43. The fourth-order valence-corrected chi connectivity index (χ4v) is 3.35. The smallest absolute Gasteiger partial charge is 0.343 e. The second-order valence-corrected chi connectivity index (χ2v) is 5.16. The van der Waals surface area contributed by atoms with Crippen LogP contribution in [0.25, 0.3) is 0 Å². The Morgan fingerprint density at radius 2 is 2.25 bits per heavy atom. The number of rotatable bonds is 3. The fourth-order valence-electron chi connectivity index (χ4n) is 2.46. The summed E-state index contributed by atoms with van der Waals surface area (Å²) in [6, 6.07) is 3.66. The largest absolute Gasteiger partial charge is 0.467 e. The lowest BCUT2D eigenvalue weighted by Crippen LogP contribution is -2.42. The standard InChI is InChI=1S/C12H16O3S/c1-15-11(13)12(14,9-5-2-3-6-9)10-7-4-8-16-10/h4,7-9,14H,2-3,5-6H2,1H3. The highest BCUT2D eigenvalue weighted by Crippen LogP contribution is 2.42. The zero-order valence-electron chi connectivity index (χ0n) is 9.31. The third kappa shape index (κ3) is 1.76. The van der Waals surface area contributed by atoms with Crippen LogP contribution in [0.1, 0.15) is 30.6 Å². The van der Waals surface area contributed by atoms with Crippen LogP contribution in [-0.4, -0.2) is 18.2 Å². The highest BCUT2D eigenvalue weighted by molar-refractivity contribution is 7.10. The Morgan fingerprint density at radius 1 is 1.56 bits per heavy atom. The summed E-state index contributed by atoms with van der Waals surface area (Å²) < 4.78 is 4.77. The Morgan fingerprint density at radius 3 is 2.75 bits per heavy atom. The molecule has 1 heterocycles. The maximum atomic E-state index is 11.9. The summed E-state index contributed by atoms with van der Waals surface area (Å²) in [6.45, 7) is 0. The van der Waals surface area contributed by atoms with Gasteiger partial charge in [-0.05, 0) is 24.3 Å². The van der Waals surface area contributed by atoms with Gasteiger partial charge in [-0.2, -0.15) is 0 Å². The van der Waals surface area contributed by atoms with E-state index in [1.165, 1.54) is 18.4 Å². The maximum Gasteiger partial charge on any atom is 0.343 e. The first kappa shape index (κ1) is 11.6. The first-order valence-electron chi connectivity index (χ1n) is 5.54. The third-order valence-corrected chi connectivity index (χ3v) is 4.33. The molecule has 1 unspecified atom stereocenters. The van der Waals surface area contributed by atoms with Crippen LogP contribution in [0.3, 0.4) is 0 Å². The quantitative estimate of drug-likeness (QED) is 0.825. The lowest BCUT2D eigenvalue weighted by atomic mass is 9.84. The molecule has 0 aliphatic heterocycles. The van der Waals surface area contributed by atoms with Crippen LogP contribution < -0.4 is 0 Å². The lowest BCUT2D eigenvalue weighted by Gasteiger charge is -2.30. The van der Waals surface area contributed by atoms with E-state index in [1.807, 2.05) is 11.4 Å². The average molecular weight is 240 g/mol. The van der Waals surface area contributed by atoms with Crippen molar-refractivity contribution in [2.45, 2.75) is 31.3 Å². The molecule has 1 N–H and O–H groups in total. The van der Waals surface area contributed by atoms with Gasteiger partial charge in [0.15, 0.2) is 5.60 Å². The molecule has 88 valence electrons. The molecule has 0 saturated heterocycles. The van der Waals surface area contributed by atoms with E-state index in [0.717, 1.165) is 25.7 Å². The summed E-state index contributed by atoms with van der Waals surface area (Å²) in [4.78, 5) is 12.6. The van der Waals surface area contributed by atoms with Gasteiger partial charge < -0.3 is 9.84 Å². The predicted octanol–water partition coefficient (Wildman–Crippen LogP) is 2.30. The van der Waals surface area contributed by atoms with Gasteiger partial charge in [0.25, 0.3) is 0 Å². The minimum Gasteiger partial charge on any atom is -0.467 e. The molecule has 0 spiro atoms. The minimum absolute atomic E-state index is 0.00130. The van der Waals surface area contributed by atoms with Crippen molar-refractivity contribution in [1.82, 2.24) is 0 Å². The first-order chi connectivity index (χ1) is 7.69. The molecular formula is C12H16O3S. The van der Waals surface area contributed by atoms with Gasteiger partial charge in [0, 0.05) is 10.8 Å². The van der Waals surface area contributed by atoms with Crippen LogP contribution in [0.5, 0.6) is 0 Å². The van der Waals surface area contributed by atoms with E-state index in [9.17, 15) is 9.90 Å². The second kappa shape index (κ2) is 4.55. The van der Waals surface area contributed by atoms with Gasteiger partial charge in [0.1, 0.15) is 0 Å². The van der Waals surface area contributed by atoms with Gasteiger partial charge in [0.05, 0.1) is 7.11 Å². The third-order valence-electron chi connectivity index (χ3n) is 3.34. The number of aliphatic hydroxyl groups is 1. The molecule has 1 atom stereocenters. The Hall–Kier alpha value is -0.870. The van der Waals surface area contributed by atoms with E-state index in [-0.39, 0.29) is 5.92 Å². The number of carbonyl (C=O) groups is 1. The number of thiophene rings is 1. The van der Waals surface area contributed by atoms with Crippen LogP contribution in [0.4, 0.5) is 0 Å². The summed E-state index contributed by atoms with van der Waals surface area (Å²) in [5.74, 6) is -0.527. The highest BCUT2D eigenvalue weighted by Gasteiger charge is 2.48. The molecule has 1 saturated carbocycles. The predicted molar refractivity (Wildman–Crippen MR) is 62.2 cm³/mol. The normalized spacial score (nSPS) is 20.6. The summed E-state index contributed by atoms with van der Waals surface area (Å²) in [6.07, 6.45) is 3.94. The summed E-state index contributed by atoms with van der Waals surface area (Å²) in [7, 11) is 1.33. The van der Waals surface area contributed by atoms with Gasteiger partial charge >= 0.3 is 5.97 Å². The van der Waals surface area contributed by atoms with E-state index in [0.29, 0.717) is 4.88 Å². The van der Waals surface area contributed by atoms with E-state index in [4.69, 9.17) is 4.74 Å². The Balaban J connectivity index is 2.35. The molecule has 3 nitrogen and oxygen atoms in total. The van der Waals surface area contributed by atoms with Gasteiger partial charge in [-0.25, -0.2) is 4.79 Å². The number of hydrogen-bond acceptors (Lipinski definition) is 4. The van der Waals surface area contributed by atoms with Crippen LogP contribution >= 0.6 is 11.3 Å². The molecule has 2 rings (SSSR count). The molecule has 4 heteroatoms. The van der Waals surface area contributed by atoms with Crippen LogP contribution in [-0.2, 0) is 15.1 Å². The van der Waals surface area contributed by atoms with Crippen LogP contribution in [0.15, 0.2) is 17.5 Å². The maximum absolute atomic E-state index is 11.9. The minimum atomic E-state index is -1.43. The molecule has 0 bridgehead atoms. The van der Waals surface area contributed by atoms with Crippen molar-refractivity contribution in [1.29, 1.82) is 0 Å². The van der Waals surface area contributed by atoms with Crippen molar-refractivity contribution in [2.75, 3.05) is 7.11 Å². The molecule has 1 aromatic heterocycles. The highest BCUT2D eigenvalue weighted by atomic mass is 32.1. The van der Waals surface area contributed by atoms with E-state index in [1.54, 1.807) is 6.07 Å². The second-order valence-electron chi connectivity index (χ2n) is 4.22.